The maximum Gasteiger partial charge on any atom is 0.0464 e. The van der Waals surface area contributed by atoms with E-state index in [1.807, 2.05) is 0 Å². The lowest BCUT2D eigenvalue weighted by Gasteiger charge is -2.26. The number of para-hydroxylation sites is 1. The summed E-state index contributed by atoms with van der Waals surface area (Å²) in [4.78, 5) is 2.37. The zero-order valence-corrected chi connectivity index (χ0v) is 22.7. The Labute approximate surface area is 237 Å². The predicted octanol–water partition coefficient (Wildman–Crippen LogP) is 10.3. The van der Waals surface area contributed by atoms with Crippen LogP contribution in [0.2, 0.25) is 0 Å². The van der Waals surface area contributed by atoms with Crippen molar-refractivity contribution in [2.24, 2.45) is 0 Å². The number of nitrogens with zero attached hydrogens (tertiary/aromatic N) is 1. The number of rotatable bonds is 6. The zero-order chi connectivity index (χ0) is 26.9. The summed E-state index contributed by atoms with van der Waals surface area (Å²) >= 11 is 0. The third-order valence-corrected chi connectivity index (χ3v) is 8.15. The van der Waals surface area contributed by atoms with Gasteiger partial charge in [0.15, 0.2) is 0 Å². The second-order valence-electron chi connectivity index (χ2n) is 10.6. The lowest BCUT2D eigenvalue weighted by Crippen LogP contribution is -2.10. The van der Waals surface area contributed by atoms with Crippen molar-refractivity contribution in [3.63, 3.8) is 0 Å². The third-order valence-electron chi connectivity index (χ3n) is 8.15. The summed E-state index contributed by atoms with van der Waals surface area (Å²) in [6, 6.07) is 52.6. The van der Waals surface area contributed by atoms with Crippen LogP contribution in [-0.4, -0.2) is 0 Å². The van der Waals surface area contributed by atoms with Gasteiger partial charge < -0.3 is 4.90 Å². The van der Waals surface area contributed by atoms with Crippen molar-refractivity contribution in [1.29, 1.82) is 0 Å². The minimum Gasteiger partial charge on any atom is -0.310 e. The van der Waals surface area contributed by atoms with Gasteiger partial charge in [-0.2, -0.15) is 0 Å². The van der Waals surface area contributed by atoms with Crippen LogP contribution < -0.4 is 4.90 Å². The van der Waals surface area contributed by atoms with Crippen LogP contribution in [-0.2, 0) is 12.8 Å². The first-order valence-electron chi connectivity index (χ1n) is 14.0. The summed E-state index contributed by atoms with van der Waals surface area (Å²) in [7, 11) is 0. The Bertz CT molecular complexity index is 1770. The SMILES string of the molecule is Cc1c(Cc2ccccc2)ccc2c1-c1ccc(N(c3ccccc3)c3ccc(-c4ccccc4)cc3)cc1C2. The highest BCUT2D eigenvalue weighted by Gasteiger charge is 2.23. The Kier molecular flexibility index (Phi) is 6.26. The Morgan fingerprint density at radius 3 is 1.85 bits per heavy atom. The van der Waals surface area contributed by atoms with Crippen molar-refractivity contribution >= 4 is 17.1 Å². The first-order valence-corrected chi connectivity index (χ1v) is 14.0. The highest BCUT2D eigenvalue weighted by Crippen LogP contribution is 2.44. The molecular weight excluding hydrogens is 482 g/mol. The molecule has 0 fully saturated rings. The molecule has 0 saturated heterocycles. The van der Waals surface area contributed by atoms with Crippen LogP contribution in [0.1, 0.15) is 27.8 Å². The lowest BCUT2D eigenvalue weighted by molar-refractivity contribution is 1.15. The number of fused-ring (bicyclic) bond motifs is 3. The Balaban J connectivity index is 1.26. The largest absolute Gasteiger partial charge is 0.310 e. The van der Waals surface area contributed by atoms with Gasteiger partial charge in [0.05, 0.1) is 0 Å². The fourth-order valence-electron chi connectivity index (χ4n) is 6.11. The van der Waals surface area contributed by atoms with Crippen molar-refractivity contribution in [2.45, 2.75) is 19.8 Å². The van der Waals surface area contributed by atoms with Crippen molar-refractivity contribution in [3.05, 3.63) is 173 Å². The smallest absolute Gasteiger partial charge is 0.0464 e. The summed E-state index contributed by atoms with van der Waals surface area (Å²) in [5.41, 5.74) is 15.8. The Morgan fingerprint density at radius 2 is 1.12 bits per heavy atom. The summed E-state index contributed by atoms with van der Waals surface area (Å²) in [6.07, 6.45) is 1.94. The van der Waals surface area contributed by atoms with E-state index >= 15 is 0 Å². The molecule has 192 valence electrons. The van der Waals surface area contributed by atoms with E-state index in [2.05, 4.69) is 157 Å². The second-order valence-corrected chi connectivity index (χ2v) is 10.6. The molecule has 0 saturated carbocycles. The predicted molar refractivity (Wildman–Crippen MR) is 169 cm³/mol. The number of anilines is 3. The Morgan fingerprint density at radius 1 is 0.525 bits per heavy atom. The average Bonchev–Trinajstić information content (AvgIpc) is 3.39. The molecule has 40 heavy (non-hydrogen) atoms. The summed E-state index contributed by atoms with van der Waals surface area (Å²) < 4.78 is 0. The van der Waals surface area contributed by atoms with Crippen LogP contribution in [0.4, 0.5) is 17.1 Å². The summed E-state index contributed by atoms with van der Waals surface area (Å²) in [5, 5.41) is 0. The fraction of sp³-hybridized carbons (Fsp3) is 0.0769. The number of hydrogen-bond donors (Lipinski definition) is 0. The van der Waals surface area contributed by atoms with Gasteiger partial charge in [0.25, 0.3) is 0 Å². The van der Waals surface area contributed by atoms with Gasteiger partial charge in [-0.15, -0.1) is 0 Å². The molecule has 1 heteroatoms. The molecule has 0 unspecified atom stereocenters. The molecular formula is C39H31N. The fourth-order valence-corrected chi connectivity index (χ4v) is 6.11. The molecule has 0 heterocycles. The van der Waals surface area contributed by atoms with Crippen LogP contribution in [0.3, 0.4) is 0 Å². The van der Waals surface area contributed by atoms with E-state index in [-0.39, 0.29) is 0 Å². The van der Waals surface area contributed by atoms with Crippen LogP contribution in [0.5, 0.6) is 0 Å². The molecule has 1 aliphatic rings. The summed E-state index contributed by atoms with van der Waals surface area (Å²) in [5.74, 6) is 0. The first-order chi connectivity index (χ1) is 19.7. The van der Waals surface area contributed by atoms with E-state index in [0.29, 0.717) is 0 Å². The Hall–Kier alpha value is -4.88. The van der Waals surface area contributed by atoms with Gasteiger partial charge in [-0.05, 0) is 106 Å². The third kappa shape index (κ3) is 4.50. The van der Waals surface area contributed by atoms with Gasteiger partial charge in [-0.3, -0.25) is 0 Å². The van der Waals surface area contributed by atoms with Crippen molar-refractivity contribution in [2.75, 3.05) is 4.90 Å². The molecule has 0 spiro atoms. The molecule has 0 atom stereocenters. The minimum atomic E-state index is 0.966. The van der Waals surface area contributed by atoms with E-state index in [1.54, 1.807) is 0 Å². The molecule has 0 amide bonds. The van der Waals surface area contributed by atoms with E-state index in [4.69, 9.17) is 0 Å². The zero-order valence-electron chi connectivity index (χ0n) is 22.7. The van der Waals surface area contributed by atoms with Crippen LogP contribution in [0.25, 0.3) is 22.3 Å². The molecule has 1 aliphatic carbocycles. The van der Waals surface area contributed by atoms with Gasteiger partial charge in [0, 0.05) is 17.1 Å². The highest BCUT2D eigenvalue weighted by molar-refractivity contribution is 5.85. The molecule has 6 aromatic carbocycles. The van der Waals surface area contributed by atoms with Crippen molar-refractivity contribution in [1.82, 2.24) is 0 Å². The number of hydrogen-bond acceptors (Lipinski definition) is 1. The van der Waals surface area contributed by atoms with E-state index in [9.17, 15) is 0 Å². The van der Waals surface area contributed by atoms with Gasteiger partial charge >= 0.3 is 0 Å². The topological polar surface area (TPSA) is 3.24 Å². The molecule has 0 N–H and O–H groups in total. The summed E-state index contributed by atoms with van der Waals surface area (Å²) in [6.45, 7) is 2.30. The molecule has 0 bridgehead atoms. The minimum absolute atomic E-state index is 0.966. The monoisotopic (exact) mass is 513 g/mol. The molecule has 1 nitrogen and oxygen atoms in total. The van der Waals surface area contributed by atoms with Gasteiger partial charge in [-0.25, -0.2) is 0 Å². The van der Waals surface area contributed by atoms with Crippen molar-refractivity contribution < 1.29 is 0 Å². The maximum atomic E-state index is 2.39. The van der Waals surface area contributed by atoms with Crippen LogP contribution in [0, 0.1) is 6.92 Å². The van der Waals surface area contributed by atoms with Crippen molar-refractivity contribution in [3.8, 4) is 22.3 Å². The van der Waals surface area contributed by atoms with Gasteiger partial charge in [-0.1, -0.05) is 109 Å². The molecule has 6 aromatic rings. The molecule has 0 aliphatic heterocycles. The molecule has 0 aromatic heterocycles. The highest BCUT2D eigenvalue weighted by atomic mass is 15.1. The van der Waals surface area contributed by atoms with E-state index < -0.39 is 0 Å². The quantitative estimate of drug-likeness (QED) is 0.214. The normalized spacial score (nSPS) is 11.6. The number of benzene rings is 6. The average molecular weight is 514 g/mol. The van der Waals surface area contributed by atoms with E-state index in [1.165, 1.54) is 55.8 Å². The lowest BCUT2D eigenvalue weighted by atomic mass is 9.92. The van der Waals surface area contributed by atoms with Crippen LogP contribution >= 0.6 is 0 Å². The maximum absolute atomic E-state index is 2.39. The van der Waals surface area contributed by atoms with Gasteiger partial charge in [0.2, 0.25) is 0 Å². The van der Waals surface area contributed by atoms with E-state index in [0.717, 1.165) is 24.2 Å². The second kappa shape index (κ2) is 10.4. The van der Waals surface area contributed by atoms with Gasteiger partial charge in [0.1, 0.15) is 0 Å². The standard InChI is InChI=1S/C39H31N/c1-28-32(25-29-11-5-2-6-12-29)17-18-33-26-34-27-37(23-24-38(34)39(28)33)40(35-15-9-4-10-16-35)36-21-19-31(20-22-36)30-13-7-3-8-14-30/h2-24,27H,25-26H2,1H3. The molecule has 0 radical (unpaired) electrons. The first kappa shape index (κ1) is 24.2. The molecule has 7 rings (SSSR count). The van der Waals surface area contributed by atoms with Crippen LogP contribution in [0.15, 0.2) is 146 Å².